The van der Waals surface area contributed by atoms with Gasteiger partial charge in [-0.1, -0.05) is 122 Å². The molecule has 0 aromatic rings. The van der Waals surface area contributed by atoms with E-state index in [2.05, 4.69) is 6.92 Å². The number of hydrogen-bond donors (Lipinski definition) is 0. The second-order valence-electron chi connectivity index (χ2n) is 12.5. The molecule has 0 amide bonds. The summed E-state index contributed by atoms with van der Waals surface area (Å²) in [6.07, 6.45) is 35.6. The van der Waals surface area contributed by atoms with Crippen LogP contribution in [0.3, 0.4) is 0 Å². The Morgan fingerprint density at radius 3 is 1.48 bits per heavy atom. The smallest absolute Gasteiger partial charge is 0.0352 e. The molecule has 0 aromatic heterocycles. The molecule has 0 saturated heterocycles. The summed E-state index contributed by atoms with van der Waals surface area (Å²) in [6.45, 7) is 2.34. The molecule has 0 heteroatoms. The maximum atomic E-state index is 2.34. The van der Waals surface area contributed by atoms with Crippen molar-refractivity contribution in [2.75, 3.05) is 0 Å². The third-order valence-electron chi connectivity index (χ3n) is 10.8. The number of fused-ring (bicyclic) bond motifs is 2. The zero-order valence-electron chi connectivity index (χ0n) is 21.3. The van der Waals surface area contributed by atoms with E-state index in [9.17, 15) is 0 Å². The summed E-state index contributed by atoms with van der Waals surface area (Å²) in [5.74, 6) is 7.86. The van der Waals surface area contributed by atoms with Crippen molar-refractivity contribution in [1.29, 1.82) is 0 Å². The molecular formula is C31H56. The van der Waals surface area contributed by atoms with Gasteiger partial charge in [-0.15, -0.1) is 0 Å². The summed E-state index contributed by atoms with van der Waals surface area (Å²) in [4.78, 5) is 0. The first-order valence-corrected chi connectivity index (χ1v) is 15.4. The maximum absolute atomic E-state index is 2.34. The molecule has 1 unspecified atom stereocenters. The van der Waals surface area contributed by atoms with Crippen LogP contribution in [-0.4, -0.2) is 0 Å². The minimum atomic E-state index is 1.11. The van der Waals surface area contributed by atoms with Gasteiger partial charge in [0.05, 0.1) is 0 Å². The van der Waals surface area contributed by atoms with Crippen LogP contribution in [0.5, 0.6) is 0 Å². The Labute approximate surface area is 196 Å². The largest absolute Gasteiger partial charge is 0.0654 e. The summed E-state index contributed by atoms with van der Waals surface area (Å²) < 4.78 is 0. The number of hydrogen-bond acceptors (Lipinski definition) is 0. The van der Waals surface area contributed by atoms with Crippen LogP contribution >= 0.6 is 0 Å². The zero-order chi connectivity index (χ0) is 21.3. The van der Waals surface area contributed by atoms with Crippen LogP contribution in [0, 0.1) is 41.4 Å². The number of rotatable bonds is 11. The van der Waals surface area contributed by atoms with Gasteiger partial charge >= 0.3 is 0 Å². The quantitative estimate of drug-likeness (QED) is 0.287. The minimum absolute atomic E-state index is 1.11. The van der Waals surface area contributed by atoms with Crippen molar-refractivity contribution in [2.24, 2.45) is 41.4 Å². The minimum Gasteiger partial charge on any atom is -0.0654 e. The van der Waals surface area contributed by atoms with Crippen molar-refractivity contribution in [3.63, 3.8) is 0 Å². The molecule has 0 spiro atoms. The first-order chi connectivity index (χ1) is 15.4. The van der Waals surface area contributed by atoms with Crippen LogP contribution in [-0.2, 0) is 0 Å². The lowest BCUT2D eigenvalue weighted by atomic mass is 9.54. The van der Waals surface area contributed by atoms with Crippen molar-refractivity contribution >= 4 is 0 Å². The lowest BCUT2D eigenvalue weighted by Gasteiger charge is -2.51. The van der Waals surface area contributed by atoms with Crippen LogP contribution in [0.2, 0.25) is 0 Å². The van der Waals surface area contributed by atoms with E-state index in [0.29, 0.717) is 0 Å². The van der Waals surface area contributed by atoms with E-state index >= 15 is 0 Å². The van der Waals surface area contributed by atoms with E-state index in [1.54, 1.807) is 103 Å². The van der Waals surface area contributed by atoms with Gasteiger partial charge < -0.3 is 0 Å². The average Bonchev–Trinajstić information content (AvgIpc) is 2.83. The van der Waals surface area contributed by atoms with Crippen LogP contribution in [0.15, 0.2) is 0 Å². The molecule has 0 heterocycles. The topological polar surface area (TPSA) is 0 Å². The van der Waals surface area contributed by atoms with Crippen molar-refractivity contribution in [1.82, 2.24) is 0 Å². The normalized spacial score (nSPS) is 37.1. The monoisotopic (exact) mass is 428 g/mol. The fraction of sp³-hybridized carbons (Fsp3) is 1.00. The van der Waals surface area contributed by atoms with Gasteiger partial charge in [0.2, 0.25) is 0 Å². The van der Waals surface area contributed by atoms with Gasteiger partial charge in [-0.25, -0.2) is 0 Å². The molecule has 4 rings (SSSR count). The van der Waals surface area contributed by atoms with Crippen molar-refractivity contribution in [3.05, 3.63) is 0 Å². The summed E-state index contributed by atoms with van der Waals surface area (Å²) >= 11 is 0. The van der Waals surface area contributed by atoms with Gasteiger partial charge in [-0.3, -0.25) is 0 Å². The Morgan fingerprint density at radius 1 is 0.484 bits per heavy atom. The Morgan fingerprint density at radius 2 is 0.935 bits per heavy atom. The summed E-state index contributed by atoms with van der Waals surface area (Å²) in [7, 11) is 0. The highest BCUT2D eigenvalue weighted by Crippen LogP contribution is 2.54. The van der Waals surface area contributed by atoms with Crippen LogP contribution in [0.1, 0.15) is 155 Å². The predicted octanol–water partition coefficient (Wildman–Crippen LogP) is 10.3. The first kappa shape index (κ1) is 24.1. The Balaban J connectivity index is 1.37. The van der Waals surface area contributed by atoms with Gasteiger partial charge in [-0.2, -0.15) is 0 Å². The second kappa shape index (κ2) is 13.0. The molecule has 0 N–H and O–H groups in total. The molecule has 7 atom stereocenters. The molecule has 180 valence electrons. The molecule has 4 aliphatic carbocycles. The molecule has 0 aromatic carbocycles. The van der Waals surface area contributed by atoms with Gasteiger partial charge in [0.25, 0.3) is 0 Å². The Bertz CT molecular complexity index is 442. The highest BCUT2D eigenvalue weighted by Gasteiger charge is 2.45. The van der Waals surface area contributed by atoms with Gasteiger partial charge in [0.15, 0.2) is 0 Å². The molecule has 4 aliphatic rings. The van der Waals surface area contributed by atoms with E-state index in [-0.39, 0.29) is 0 Å². The van der Waals surface area contributed by atoms with Crippen LogP contribution in [0.25, 0.3) is 0 Å². The molecule has 4 fully saturated rings. The molecule has 31 heavy (non-hydrogen) atoms. The highest BCUT2D eigenvalue weighted by atomic mass is 14.5. The Kier molecular flexibility index (Phi) is 10.1. The molecule has 0 nitrogen and oxygen atoms in total. The summed E-state index contributed by atoms with van der Waals surface area (Å²) in [5.41, 5.74) is 0. The van der Waals surface area contributed by atoms with E-state index in [1.807, 2.05) is 0 Å². The molecule has 0 aliphatic heterocycles. The lowest BCUT2D eigenvalue weighted by molar-refractivity contribution is -0.0153. The molecule has 4 saturated carbocycles. The SMILES string of the molecule is CCCCCCCCCCC([C@H]1CCC[C@H]2CCCC[C@@H]21)[C@@H]1CCC[C@H]2CCCC[C@@H]21. The third kappa shape index (κ3) is 6.53. The predicted molar refractivity (Wildman–Crippen MR) is 136 cm³/mol. The number of unbranched alkanes of at least 4 members (excludes halogenated alkanes) is 7. The third-order valence-corrected chi connectivity index (χ3v) is 10.8. The fourth-order valence-electron chi connectivity index (χ4n) is 9.30. The standard InChI is InChI=1S/C31H56/c1-2-3-4-5-6-7-8-9-22-31(29-23-14-18-25-16-10-12-20-27(25)29)30-24-15-19-26-17-11-13-21-28(26)30/h25-31H,2-24H2,1H3/t25-,26-,27+,28+,29-,30+,31?/m1/s1. The molecule has 0 radical (unpaired) electrons. The van der Waals surface area contributed by atoms with Crippen LogP contribution in [0.4, 0.5) is 0 Å². The highest BCUT2D eigenvalue weighted by molar-refractivity contribution is 4.95. The van der Waals surface area contributed by atoms with Gasteiger partial charge in [0.1, 0.15) is 0 Å². The van der Waals surface area contributed by atoms with E-state index < -0.39 is 0 Å². The van der Waals surface area contributed by atoms with E-state index in [1.165, 1.54) is 44.9 Å². The van der Waals surface area contributed by atoms with Crippen molar-refractivity contribution < 1.29 is 0 Å². The van der Waals surface area contributed by atoms with Gasteiger partial charge in [-0.05, 0) is 73.5 Å². The van der Waals surface area contributed by atoms with E-state index in [4.69, 9.17) is 0 Å². The van der Waals surface area contributed by atoms with Crippen molar-refractivity contribution in [2.45, 2.75) is 155 Å². The molecular weight excluding hydrogens is 372 g/mol. The first-order valence-electron chi connectivity index (χ1n) is 15.4. The summed E-state index contributed by atoms with van der Waals surface area (Å²) in [6, 6.07) is 0. The zero-order valence-corrected chi connectivity index (χ0v) is 21.3. The second-order valence-corrected chi connectivity index (χ2v) is 12.5. The van der Waals surface area contributed by atoms with E-state index in [0.717, 1.165) is 41.4 Å². The Hall–Kier alpha value is 0. The van der Waals surface area contributed by atoms with Crippen LogP contribution < -0.4 is 0 Å². The molecule has 0 bridgehead atoms. The maximum Gasteiger partial charge on any atom is -0.0352 e. The average molecular weight is 429 g/mol. The fourth-order valence-corrected chi connectivity index (χ4v) is 9.30. The van der Waals surface area contributed by atoms with Crippen molar-refractivity contribution in [3.8, 4) is 0 Å². The lowest BCUT2D eigenvalue weighted by Crippen LogP contribution is -2.43. The van der Waals surface area contributed by atoms with Gasteiger partial charge in [0, 0.05) is 0 Å². The summed E-state index contributed by atoms with van der Waals surface area (Å²) in [5, 5.41) is 0.